The lowest BCUT2D eigenvalue weighted by Crippen LogP contribution is -2.18. The molecule has 27 heavy (non-hydrogen) atoms. The number of aromatic nitrogens is 2. The molecule has 0 radical (unpaired) electrons. The Labute approximate surface area is 163 Å². The van der Waals surface area contributed by atoms with Gasteiger partial charge in [0.1, 0.15) is 22.2 Å². The number of methoxy groups -OCH3 is 1. The van der Waals surface area contributed by atoms with Crippen LogP contribution < -0.4 is 9.64 Å². The summed E-state index contributed by atoms with van der Waals surface area (Å²) in [4.78, 5) is 12.8. The first-order valence-electron chi connectivity index (χ1n) is 8.94. The molecule has 0 fully saturated rings. The third kappa shape index (κ3) is 3.26. The summed E-state index contributed by atoms with van der Waals surface area (Å²) in [7, 11) is 1.68. The lowest BCUT2D eigenvalue weighted by Gasteiger charge is -2.23. The number of ether oxygens (including phenoxy) is 1. The first kappa shape index (κ1) is 17.5. The van der Waals surface area contributed by atoms with E-state index in [1.807, 2.05) is 25.1 Å². The zero-order valence-corrected chi connectivity index (χ0v) is 16.5. The predicted molar refractivity (Wildman–Crippen MR) is 113 cm³/mol. The van der Waals surface area contributed by atoms with E-state index >= 15 is 0 Å². The highest BCUT2D eigenvalue weighted by Crippen LogP contribution is 2.40. The van der Waals surface area contributed by atoms with Crippen LogP contribution in [0.2, 0.25) is 0 Å². The number of nitrogens with zero attached hydrogens (tertiary/aromatic N) is 3. The molecule has 0 saturated carbocycles. The number of hydrogen-bond donors (Lipinski definition) is 0. The molecule has 0 atom stereocenters. The lowest BCUT2D eigenvalue weighted by atomic mass is 10.1. The van der Waals surface area contributed by atoms with Crippen LogP contribution in [0.1, 0.15) is 12.7 Å². The molecular formula is C22H21N3OS. The van der Waals surface area contributed by atoms with Gasteiger partial charge in [-0.25, -0.2) is 9.97 Å². The standard InChI is InChI=1S/C22H21N3OS/c1-4-25(17-8-6-5-7-9-17)21-20-19(14-27-22(20)24-15(2)23-21)16-10-12-18(26-3)13-11-16/h5-14H,4H2,1-3H3. The lowest BCUT2D eigenvalue weighted by molar-refractivity contribution is 0.415. The van der Waals surface area contributed by atoms with Gasteiger partial charge in [-0.15, -0.1) is 11.3 Å². The fourth-order valence-corrected chi connectivity index (χ4v) is 4.26. The first-order valence-corrected chi connectivity index (χ1v) is 9.82. The van der Waals surface area contributed by atoms with Crippen LogP contribution in [0.15, 0.2) is 60.0 Å². The van der Waals surface area contributed by atoms with Gasteiger partial charge in [0.15, 0.2) is 0 Å². The highest BCUT2D eigenvalue weighted by molar-refractivity contribution is 7.17. The number of hydrogen-bond acceptors (Lipinski definition) is 5. The summed E-state index contributed by atoms with van der Waals surface area (Å²) in [5, 5.41) is 3.27. The highest BCUT2D eigenvalue weighted by atomic mass is 32.1. The Morgan fingerprint density at radius 2 is 1.74 bits per heavy atom. The molecule has 4 aromatic rings. The molecule has 2 aromatic carbocycles. The Kier molecular flexibility index (Phi) is 4.77. The van der Waals surface area contributed by atoms with Gasteiger partial charge in [0.25, 0.3) is 0 Å². The van der Waals surface area contributed by atoms with E-state index < -0.39 is 0 Å². The van der Waals surface area contributed by atoms with Crippen LogP contribution in [0.4, 0.5) is 11.5 Å². The van der Waals surface area contributed by atoms with Crippen molar-refractivity contribution in [3.05, 3.63) is 65.8 Å². The van der Waals surface area contributed by atoms with Crippen LogP contribution in [0, 0.1) is 6.92 Å². The molecule has 0 N–H and O–H groups in total. The summed E-state index contributed by atoms with van der Waals surface area (Å²) in [6.07, 6.45) is 0. The summed E-state index contributed by atoms with van der Waals surface area (Å²) in [5.74, 6) is 2.60. The molecule has 0 unspecified atom stereocenters. The third-order valence-electron chi connectivity index (χ3n) is 4.57. The SMILES string of the molecule is CCN(c1ccccc1)c1nc(C)nc2scc(-c3ccc(OC)cc3)c12. The van der Waals surface area contributed by atoms with Gasteiger partial charge in [0.2, 0.25) is 0 Å². The molecule has 0 spiro atoms. The van der Waals surface area contributed by atoms with Crippen molar-refractivity contribution < 1.29 is 4.74 Å². The molecule has 2 heterocycles. The van der Waals surface area contributed by atoms with Crippen molar-refractivity contribution in [3.8, 4) is 16.9 Å². The molecule has 4 nitrogen and oxygen atoms in total. The second kappa shape index (κ2) is 7.37. The monoisotopic (exact) mass is 375 g/mol. The minimum Gasteiger partial charge on any atom is -0.497 e. The van der Waals surface area contributed by atoms with Crippen LogP contribution in [-0.4, -0.2) is 23.6 Å². The Hall–Kier alpha value is -2.92. The minimum absolute atomic E-state index is 0.787. The maximum atomic E-state index is 5.30. The van der Waals surface area contributed by atoms with Gasteiger partial charge in [-0.1, -0.05) is 30.3 Å². The normalized spacial score (nSPS) is 10.9. The zero-order chi connectivity index (χ0) is 18.8. The summed E-state index contributed by atoms with van der Waals surface area (Å²) in [5.41, 5.74) is 3.42. The molecule has 0 amide bonds. The summed E-state index contributed by atoms with van der Waals surface area (Å²) < 4.78 is 5.30. The number of thiophene rings is 1. The second-order valence-corrected chi connectivity index (χ2v) is 7.09. The number of rotatable bonds is 5. The van der Waals surface area contributed by atoms with E-state index in [4.69, 9.17) is 9.72 Å². The Morgan fingerprint density at radius 3 is 2.41 bits per heavy atom. The Bertz CT molecular complexity index is 1060. The average molecular weight is 375 g/mol. The van der Waals surface area contributed by atoms with E-state index in [9.17, 15) is 0 Å². The molecular weight excluding hydrogens is 354 g/mol. The maximum Gasteiger partial charge on any atom is 0.146 e. The molecule has 136 valence electrons. The number of fused-ring (bicyclic) bond motifs is 1. The van der Waals surface area contributed by atoms with Crippen LogP contribution >= 0.6 is 11.3 Å². The van der Waals surface area contributed by atoms with Crippen LogP contribution in [-0.2, 0) is 0 Å². The van der Waals surface area contributed by atoms with Gasteiger partial charge in [-0.2, -0.15) is 0 Å². The van der Waals surface area contributed by atoms with E-state index in [1.165, 1.54) is 0 Å². The molecule has 0 bridgehead atoms. The van der Waals surface area contributed by atoms with Crippen molar-refractivity contribution in [2.45, 2.75) is 13.8 Å². The van der Waals surface area contributed by atoms with E-state index in [0.717, 1.165) is 51.0 Å². The van der Waals surface area contributed by atoms with Crippen molar-refractivity contribution in [2.75, 3.05) is 18.6 Å². The molecule has 0 saturated heterocycles. The summed E-state index contributed by atoms with van der Waals surface area (Å²) in [6, 6.07) is 18.5. The summed E-state index contributed by atoms with van der Waals surface area (Å²) >= 11 is 1.66. The predicted octanol–water partition coefficient (Wildman–Crippen LogP) is 5.83. The fraction of sp³-hybridized carbons (Fsp3) is 0.182. The van der Waals surface area contributed by atoms with Gasteiger partial charge < -0.3 is 9.64 Å². The largest absolute Gasteiger partial charge is 0.497 e. The number of aryl methyl sites for hydroxylation is 1. The van der Waals surface area contributed by atoms with Crippen molar-refractivity contribution >= 4 is 33.1 Å². The molecule has 0 aliphatic heterocycles. The summed E-state index contributed by atoms with van der Waals surface area (Å²) in [6.45, 7) is 4.93. The molecule has 0 aliphatic rings. The second-order valence-electron chi connectivity index (χ2n) is 6.23. The van der Waals surface area contributed by atoms with Gasteiger partial charge in [-0.05, 0) is 43.7 Å². The maximum absolute atomic E-state index is 5.30. The van der Waals surface area contributed by atoms with E-state index in [1.54, 1.807) is 18.4 Å². The number of benzene rings is 2. The van der Waals surface area contributed by atoms with Crippen LogP contribution in [0.25, 0.3) is 21.3 Å². The highest BCUT2D eigenvalue weighted by Gasteiger charge is 2.19. The Morgan fingerprint density at radius 1 is 1.00 bits per heavy atom. The quantitative estimate of drug-likeness (QED) is 0.440. The van der Waals surface area contributed by atoms with Crippen molar-refractivity contribution in [1.29, 1.82) is 0 Å². The smallest absolute Gasteiger partial charge is 0.146 e. The van der Waals surface area contributed by atoms with E-state index in [-0.39, 0.29) is 0 Å². The van der Waals surface area contributed by atoms with Crippen molar-refractivity contribution in [3.63, 3.8) is 0 Å². The topological polar surface area (TPSA) is 38.2 Å². The molecule has 0 aliphatic carbocycles. The van der Waals surface area contributed by atoms with Crippen molar-refractivity contribution in [2.24, 2.45) is 0 Å². The van der Waals surface area contributed by atoms with Gasteiger partial charge in [-0.3, -0.25) is 0 Å². The number of para-hydroxylation sites is 1. The van der Waals surface area contributed by atoms with Crippen LogP contribution in [0.3, 0.4) is 0 Å². The fourth-order valence-electron chi connectivity index (χ4n) is 3.27. The molecule has 2 aromatic heterocycles. The van der Waals surface area contributed by atoms with Crippen molar-refractivity contribution in [1.82, 2.24) is 9.97 Å². The van der Waals surface area contributed by atoms with E-state index in [2.05, 4.69) is 58.6 Å². The van der Waals surface area contributed by atoms with Gasteiger partial charge >= 0.3 is 0 Å². The third-order valence-corrected chi connectivity index (χ3v) is 5.44. The Balaban J connectivity index is 1.93. The van der Waals surface area contributed by atoms with E-state index in [0.29, 0.717) is 0 Å². The first-order chi connectivity index (χ1) is 13.2. The zero-order valence-electron chi connectivity index (χ0n) is 15.6. The van der Waals surface area contributed by atoms with Gasteiger partial charge in [0, 0.05) is 23.2 Å². The molecule has 5 heteroatoms. The minimum atomic E-state index is 0.787. The van der Waals surface area contributed by atoms with Crippen LogP contribution in [0.5, 0.6) is 5.75 Å². The number of anilines is 2. The van der Waals surface area contributed by atoms with Gasteiger partial charge in [0.05, 0.1) is 12.5 Å². The molecule has 4 rings (SSSR count). The average Bonchev–Trinajstić information content (AvgIpc) is 3.13.